The lowest BCUT2D eigenvalue weighted by Gasteiger charge is -2.14. The molecule has 0 saturated carbocycles. The summed E-state index contributed by atoms with van der Waals surface area (Å²) >= 11 is 0. The Morgan fingerprint density at radius 1 is 1.18 bits per heavy atom. The van der Waals surface area contributed by atoms with Crippen LogP contribution in [0.25, 0.3) is 0 Å². The number of ketones is 1. The second kappa shape index (κ2) is 7.26. The largest absolute Gasteiger partial charge is 0.493 e. The molecule has 1 aromatic carbocycles. The first-order chi connectivity index (χ1) is 10.6. The van der Waals surface area contributed by atoms with Crippen LogP contribution in [0.1, 0.15) is 17.3 Å². The molecule has 22 heavy (non-hydrogen) atoms. The first kappa shape index (κ1) is 15.6. The maximum atomic E-state index is 11.9. The zero-order valence-corrected chi connectivity index (χ0v) is 12.0. The van der Waals surface area contributed by atoms with Gasteiger partial charge in [0.2, 0.25) is 11.7 Å². The fourth-order valence-corrected chi connectivity index (χ4v) is 1.70. The second-order valence-corrected chi connectivity index (χ2v) is 4.46. The number of nitrogens with one attached hydrogen (secondary N) is 1. The molecule has 7 heteroatoms. The number of esters is 1. The lowest BCUT2D eigenvalue weighted by molar-refractivity contribution is -0.143. The van der Waals surface area contributed by atoms with E-state index in [-0.39, 0.29) is 24.1 Å². The van der Waals surface area contributed by atoms with Gasteiger partial charge in [-0.1, -0.05) is 0 Å². The maximum absolute atomic E-state index is 11.9. The minimum atomic E-state index is -0.747. The quantitative estimate of drug-likeness (QED) is 0.650. The van der Waals surface area contributed by atoms with Crippen molar-refractivity contribution in [1.82, 2.24) is 0 Å². The van der Waals surface area contributed by atoms with Crippen molar-refractivity contribution < 1.29 is 28.6 Å². The van der Waals surface area contributed by atoms with E-state index in [1.54, 1.807) is 24.3 Å². The molecule has 1 aliphatic rings. The summed E-state index contributed by atoms with van der Waals surface area (Å²) in [5, 5.41) is 2.59. The SMILES string of the molecule is CC(=O)Nc1ccc(C(=O)COC(=O)C2=COCCO2)cc1. The van der Waals surface area contributed by atoms with Gasteiger partial charge in [0.1, 0.15) is 19.5 Å². The predicted octanol–water partition coefficient (Wildman–Crippen LogP) is 1.26. The number of benzene rings is 1. The summed E-state index contributed by atoms with van der Waals surface area (Å²) < 4.78 is 14.8. The highest BCUT2D eigenvalue weighted by Crippen LogP contribution is 2.11. The zero-order chi connectivity index (χ0) is 15.9. The van der Waals surface area contributed by atoms with Gasteiger partial charge in [-0.2, -0.15) is 0 Å². The van der Waals surface area contributed by atoms with Crippen molar-refractivity contribution in [1.29, 1.82) is 0 Å². The van der Waals surface area contributed by atoms with Gasteiger partial charge in [-0.15, -0.1) is 0 Å². The van der Waals surface area contributed by atoms with Crippen LogP contribution in [0.5, 0.6) is 0 Å². The molecule has 0 aromatic heterocycles. The van der Waals surface area contributed by atoms with Gasteiger partial charge in [-0.05, 0) is 24.3 Å². The summed E-state index contributed by atoms with van der Waals surface area (Å²) in [5.74, 6) is -1.36. The number of carbonyl (C=O) groups excluding carboxylic acids is 3. The van der Waals surface area contributed by atoms with E-state index < -0.39 is 12.6 Å². The van der Waals surface area contributed by atoms with Gasteiger partial charge >= 0.3 is 5.97 Å². The molecule has 0 fully saturated rings. The monoisotopic (exact) mass is 305 g/mol. The van der Waals surface area contributed by atoms with Crippen LogP contribution >= 0.6 is 0 Å². The van der Waals surface area contributed by atoms with E-state index in [1.165, 1.54) is 13.2 Å². The van der Waals surface area contributed by atoms with E-state index in [4.69, 9.17) is 14.2 Å². The number of amides is 1. The third-order valence-corrected chi connectivity index (χ3v) is 2.71. The van der Waals surface area contributed by atoms with Crippen molar-refractivity contribution in [2.75, 3.05) is 25.1 Å². The third kappa shape index (κ3) is 4.34. The lowest BCUT2D eigenvalue weighted by atomic mass is 10.1. The van der Waals surface area contributed by atoms with Gasteiger partial charge in [-0.25, -0.2) is 4.79 Å². The van der Waals surface area contributed by atoms with Gasteiger partial charge in [-0.3, -0.25) is 9.59 Å². The fraction of sp³-hybridized carbons (Fsp3) is 0.267. The molecular formula is C15H15NO6. The van der Waals surface area contributed by atoms with Crippen molar-refractivity contribution in [3.8, 4) is 0 Å². The molecule has 1 aliphatic heterocycles. The average molecular weight is 305 g/mol. The maximum Gasteiger partial charge on any atom is 0.377 e. The van der Waals surface area contributed by atoms with Crippen molar-refractivity contribution in [2.24, 2.45) is 0 Å². The van der Waals surface area contributed by atoms with Crippen LogP contribution in [0.15, 0.2) is 36.3 Å². The van der Waals surface area contributed by atoms with Gasteiger partial charge < -0.3 is 19.5 Å². The predicted molar refractivity (Wildman–Crippen MR) is 76.0 cm³/mol. The van der Waals surface area contributed by atoms with Crippen LogP contribution in [0.4, 0.5) is 5.69 Å². The Hall–Kier alpha value is -2.83. The van der Waals surface area contributed by atoms with E-state index >= 15 is 0 Å². The molecule has 1 aromatic rings. The molecule has 0 aliphatic carbocycles. The molecule has 0 spiro atoms. The summed E-state index contributed by atoms with van der Waals surface area (Å²) in [6.45, 7) is 1.62. The Morgan fingerprint density at radius 3 is 2.50 bits per heavy atom. The normalized spacial score (nSPS) is 13.2. The van der Waals surface area contributed by atoms with E-state index in [1.807, 2.05) is 0 Å². The van der Waals surface area contributed by atoms with Crippen LogP contribution < -0.4 is 5.32 Å². The Labute approximate surface area is 126 Å². The highest BCUT2D eigenvalue weighted by Gasteiger charge is 2.18. The number of hydrogen-bond acceptors (Lipinski definition) is 6. The second-order valence-electron chi connectivity index (χ2n) is 4.46. The molecule has 0 radical (unpaired) electrons. The first-order valence-electron chi connectivity index (χ1n) is 6.59. The number of carbonyl (C=O) groups is 3. The number of hydrogen-bond donors (Lipinski definition) is 1. The summed E-state index contributed by atoms with van der Waals surface area (Å²) in [6.07, 6.45) is 1.17. The van der Waals surface area contributed by atoms with E-state index in [0.29, 0.717) is 17.9 Å². The number of anilines is 1. The van der Waals surface area contributed by atoms with E-state index in [2.05, 4.69) is 5.32 Å². The van der Waals surface area contributed by atoms with Crippen molar-refractivity contribution in [2.45, 2.75) is 6.92 Å². The van der Waals surface area contributed by atoms with Gasteiger partial charge in [0.05, 0.1) is 0 Å². The summed E-state index contributed by atoms with van der Waals surface area (Å²) in [5.41, 5.74) is 0.954. The smallest absolute Gasteiger partial charge is 0.377 e. The van der Waals surface area contributed by atoms with Crippen molar-refractivity contribution >= 4 is 23.3 Å². The number of rotatable bonds is 5. The standard InChI is InChI=1S/C15H15NO6/c1-10(17)16-12-4-2-11(3-5-12)13(18)8-22-15(19)14-9-20-6-7-21-14/h2-5,9H,6-8H2,1H3,(H,16,17). The fourth-order valence-electron chi connectivity index (χ4n) is 1.70. The minimum absolute atomic E-state index is 0.0555. The Bertz CT molecular complexity index is 605. The Balaban J connectivity index is 1.87. The average Bonchev–Trinajstić information content (AvgIpc) is 2.53. The lowest BCUT2D eigenvalue weighted by Crippen LogP contribution is -2.20. The molecular weight excluding hydrogens is 290 g/mol. The van der Waals surface area contributed by atoms with Crippen molar-refractivity contribution in [3.63, 3.8) is 0 Å². The van der Waals surface area contributed by atoms with Gasteiger partial charge in [0.15, 0.2) is 12.4 Å². The number of ether oxygens (including phenoxy) is 3. The van der Waals surface area contributed by atoms with Crippen LogP contribution in [0, 0.1) is 0 Å². The summed E-state index contributed by atoms with van der Waals surface area (Å²) in [7, 11) is 0. The highest BCUT2D eigenvalue weighted by molar-refractivity contribution is 5.99. The topological polar surface area (TPSA) is 90.9 Å². The summed E-state index contributed by atoms with van der Waals surface area (Å²) in [6, 6.07) is 6.27. The molecule has 0 bridgehead atoms. The molecule has 2 rings (SSSR count). The van der Waals surface area contributed by atoms with E-state index in [9.17, 15) is 14.4 Å². The van der Waals surface area contributed by atoms with Crippen LogP contribution in [0.2, 0.25) is 0 Å². The molecule has 1 heterocycles. The highest BCUT2D eigenvalue weighted by atomic mass is 16.6. The number of Topliss-reactive ketones (excluding diaryl/α,β-unsaturated/α-hetero) is 1. The molecule has 0 unspecified atom stereocenters. The zero-order valence-electron chi connectivity index (χ0n) is 12.0. The molecule has 0 saturated heterocycles. The van der Waals surface area contributed by atoms with Gasteiger partial charge in [0.25, 0.3) is 0 Å². The molecule has 7 nitrogen and oxygen atoms in total. The minimum Gasteiger partial charge on any atom is -0.493 e. The first-order valence-corrected chi connectivity index (χ1v) is 6.59. The molecule has 1 N–H and O–H groups in total. The Morgan fingerprint density at radius 2 is 1.91 bits per heavy atom. The van der Waals surface area contributed by atoms with Gasteiger partial charge in [0, 0.05) is 18.2 Å². The van der Waals surface area contributed by atoms with Crippen LogP contribution in [-0.4, -0.2) is 37.5 Å². The molecule has 0 atom stereocenters. The van der Waals surface area contributed by atoms with Crippen molar-refractivity contribution in [3.05, 3.63) is 41.9 Å². The summed E-state index contributed by atoms with van der Waals surface area (Å²) in [4.78, 5) is 34.4. The molecule has 116 valence electrons. The van der Waals surface area contributed by atoms with Crippen LogP contribution in [0.3, 0.4) is 0 Å². The Kier molecular flexibility index (Phi) is 5.13. The van der Waals surface area contributed by atoms with E-state index in [0.717, 1.165) is 0 Å². The molecule has 1 amide bonds. The third-order valence-electron chi connectivity index (χ3n) is 2.71. The van der Waals surface area contributed by atoms with Crippen LogP contribution in [-0.2, 0) is 23.8 Å².